The zero-order valence-electron chi connectivity index (χ0n) is 15.9. The van der Waals surface area contributed by atoms with Crippen LogP contribution in [-0.4, -0.2) is 40.0 Å². The lowest BCUT2D eigenvalue weighted by atomic mass is 9.97. The Morgan fingerprint density at radius 1 is 1.30 bits per heavy atom. The fourth-order valence-electron chi connectivity index (χ4n) is 3.33. The number of nitrogens with zero attached hydrogens (tertiary/aromatic N) is 4. The van der Waals surface area contributed by atoms with Gasteiger partial charge >= 0.3 is 11.2 Å². The molecule has 1 aromatic carbocycles. The lowest BCUT2D eigenvalue weighted by molar-refractivity contribution is -0.384. The lowest BCUT2D eigenvalue weighted by Gasteiger charge is -2.30. The number of piperidine rings is 1. The van der Waals surface area contributed by atoms with E-state index in [0.717, 1.165) is 32.1 Å². The summed E-state index contributed by atoms with van der Waals surface area (Å²) in [5, 5.41) is 14.3. The molecule has 30 heavy (non-hydrogen) atoms. The van der Waals surface area contributed by atoms with E-state index in [0.29, 0.717) is 12.1 Å². The first-order valence-electron chi connectivity index (χ1n) is 9.29. The number of hydrogen-bond donors (Lipinski definition) is 2. The molecular formula is C18H21F3N6O2S. The molecule has 0 spiro atoms. The monoisotopic (exact) mass is 442 g/mol. The first-order valence-corrected chi connectivity index (χ1v) is 10.1. The van der Waals surface area contributed by atoms with Crippen molar-refractivity contribution in [2.24, 2.45) is 5.92 Å². The minimum Gasteiger partial charge on any atom is -0.378 e. The predicted octanol–water partition coefficient (Wildman–Crippen LogP) is 3.59. The molecule has 0 bridgehead atoms. The molecule has 0 saturated carbocycles. The molecular weight excluding hydrogens is 421 g/mol. The molecule has 1 aliphatic rings. The van der Waals surface area contributed by atoms with Crippen LogP contribution in [0.5, 0.6) is 0 Å². The molecule has 2 heterocycles. The van der Waals surface area contributed by atoms with Gasteiger partial charge in [-0.2, -0.15) is 18.2 Å². The molecule has 1 aromatic heterocycles. The van der Waals surface area contributed by atoms with Crippen molar-refractivity contribution in [2.75, 3.05) is 30.3 Å². The van der Waals surface area contributed by atoms with Gasteiger partial charge in [-0.05, 0) is 55.2 Å². The van der Waals surface area contributed by atoms with Crippen molar-refractivity contribution >= 4 is 29.2 Å². The summed E-state index contributed by atoms with van der Waals surface area (Å²) in [6, 6.07) is 6.26. The highest BCUT2D eigenvalue weighted by Crippen LogP contribution is 2.39. The van der Waals surface area contributed by atoms with Crippen molar-refractivity contribution in [2.45, 2.75) is 29.8 Å². The zero-order chi connectivity index (χ0) is 21.7. The Morgan fingerprint density at radius 2 is 2.00 bits per heavy atom. The highest BCUT2D eigenvalue weighted by atomic mass is 32.2. The van der Waals surface area contributed by atoms with E-state index in [1.165, 1.54) is 6.07 Å². The third-order valence-corrected chi connectivity index (χ3v) is 5.61. The number of hydrogen-bond acceptors (Lipinski definition) is 8. The smallest absolute Gasteiger partial charge is 0.378 e. The van der Waals surface area contributed by atoms with Crippen LogP contribution in [0, 0.1) is 16.0 Å². The van der Waals surface area contributed by atoms with Crippen molar-refractivity contribution < 1.29 is 18.1 Å². The Balaban J connectivity index is 1.91. The summed E-state index contributed by atoms with van der Waals surface area (Å²) in [5.41, 5.74) is 1.36. The average molecular weight is 442 g/mol. The van der Waals surface area contributed by atoms with Crippen molar-refractivity contribution in [1.29, 1.82) is 0 Å². The standard InChI is InChI=1S/C18H21F3N6O2S/c19-18(20,21)30-15-4-2-1-3-13(15)11-26(10-12-5-7-23-8-6-12)17-24-9-14(27(28)29)16(22)25-17/h1-4,9,12,23H,5-8,10-11H2,(H2,22,24,25). The fourth-order valence-corrected chi connectivity index (χ4v) is 3.99. The van der Waals surface area contributed by atoms with Crippen LogP contribution < -0.4 is 16.0 Å². The second-order valence-corrected chi connectivity index (χ2v) is 8.03. The average Bonchev–Trinajstić information content (AvgIpc) is 2.68. The molecule has 0 unspecified atom stereocenters. The van der Waals surface area contributed by atoms with Gasteiger partial charge in [0.2, 0.25) is 11.8 Å². The lowest BCUT2D eigenvalue weighted by Crippen LogP contribution is -2.37. The number of anilines is 2. The second-order valence-electron chi connectivity index (χ2n) is 6.93. The Bertz CT molecular complexity index is 892. The number of benzene rings is 1. The van der Waals surface area contributed by atoms with E-state index in [9.17, 15) is 23.3 Å². The van der Waals surface area contributed by atoms with Crippen molar-refractivity contribution in [3.63, 3.8) is 0 Å². The van der Waals surface area contributed by atoms with Crippen LogP contribution in [0.3, 0.4) is 0 Å². The molecule has 162 valence electrons. The maximum atomic E-state index is 13.0. The van der Waals surface area contributed by atoms with Crippen LogP contribution in [0.4, 0.5) is 30.6 Å². The molecule has 0 atom stereocenters. The van der Waals surface area contributed by atoms with Crippen LogP contribution >= 0.6 is 11.8 Å². The maximum absolute atomic E-state index is 13.0. The largest absolute Gasteiger partial charge is 0.446 e. The van der Waals surface area contributed by atoms with Gasteiger partial charge in [-0.1, -0.05) is 18.2 Å². The van der Waals surface area contributed by atoms with Gasteiger partial charge in [0, 0.05) is 18.0 Å². The number of halogens is 3. The highest BCUT2D eigenvalue weighted by molar-refractivity contribution is 8.00. The van der Waals surface area contributed by atoms with E-state index in [2.05, 4.69) is 15.3 Å². The molecule has 0 amide bonds. The normalized spacial score (nSPS) is 15.2. The van der Waals surface area contributed by atoms with E-state index >= 15 is 0 Å². The van der Waals surface area contributed by atoms with Gasteiger partial charge in [0.15, 0.2) is 0 Å². The van der Waals surface area contributed by atoms with E-state index in [-0.39, 0.29) is 40.9 Å². The first-order chi connectivity index (χ1) is 14.2. The fraction of sp³-hybridized carbons (Fsp3) is 0.444. The first kappa shape index (κ1) is 22.1. The van der Waals surface area contributed by atoms with Gasteiger partial charge in [-0.25, -0.2) is 4.98 Å². The summed E-state index contributed by atoms with van der Waals surface area (Å²) < 4.78 is 38.9. The van der Waals surface area contributed by atoms with Crippen LogP contribution in [0.2, 0.25) is 0 Å². The molecule has 3 rings (SSSR count). The number of rotatable bonds is 7. The van der Waals surface area contributed by atoms with Gasteiger partial charge in [-0.3, -0.25) is 10.1 Å². The predicted molar refractivity (Wildman–Crippen MR) is 108 cm³/mol. The van der Waals surface area contributed by atoms with E-state index < -0.39 is 16.1 Å². The number of nitrogens with one attached hydrogen (secondary N) is 1. The third-order valence-electron chi connectivity index (χ3n) is 4.76. The van der Waals surface area contributed by atoms with Gasteiger partial charge in [0.1, 0.15) is 6.20 Å². The number of nitrogen functional groups attached to an aromatic ring is 1. The Kier molecular flexibility index (Phi) is 6.98. The molecule has 0 radical (unpaired) electrons. The minimum absolute atomic E-state index is 0.0928. The van der Waals surface area contributed by atoms with Gasteiger partial charge in [-0.15, -0.1) is 0 Å². The topological polar surface area (TPSA) is 110 Å². The molecule has 8 nitrogen and oxygen atoms in total. The quantitative estimate of drug-likeness (QED) is 0.380. The highest BCUT2D eigenvalue weighted by Gasteiger charge is 2.31. The number of nitrogens with two attached hydrogens (primary N) is 1. The van der Waals surface area contributed by atoms with Crippen LogP contribution in [0.15, 0.2) is 35.4 Å². The molecule has 12 heteroatoms. The van der Waals surface area contributed by atoms with Crippen LogP contribution in [-0.2, 0) is 6.54 Å². The summed E-state index contributed by atoms with van der Waals surface area (Å²) in [6.45, 7) is 2.33. The van der Waals surface area contributed by atoms with Gasteiger partial charge in [0.05, 0.1) is 4.92 Å². The summed E-state index contributed by atoms with van der Waals surface area (Å²) in [4.78, 5) is 20.3. The van der Waals surface area contributed by atoms with Crippen molar-refractivity contribution in [1.82, 2.24) is 15.3 Å². The Hall–Kier alpha value is -2.60. The van der Waals surface area contributed by atoms with E-state index in [1.54, 1.807) is 23.1 Å². The number of thioether (sulfide) groups is 1. The van der Waals surface area contributed by atoms with Gasteiger partial charge in [0.25, 0.3) is 0 Å². The van der Waals surface area contributed by atoms with Crippen molar-refractivity contribution in [3.05, 3.63) is 46.1 Å². The Morgan fingerprint density at radius 3 is 2.63 bits per heavy atom. The Labute approximate surface area is 175 Å². The maximum Gasteiger partial charge on any atom is 0.446 e. The molecule has 3 N–H and O–H groups in total. The molecule has 1 fully saturated rings. The number of aromatic nitrogens is 2. The van der Waals surface area contributed by atoms with Gasteiger partial charge < -0.3 is 16.0 Å². The van der Waals surface area contributed by atoms with E-state index in [4.69, 9.17) is 5.73 Å². The summed E-state index contributed by atoms with van der Waals surface area (Å²) in [6.07, 6.45) is 2.83. The summed E-state index contributed by atoms with van der Waals surface area (Å²) in [7, 11) is 0. The SMILES string of the molecule is Nc1nc(N(Cc2ccccc2SC(F)(F)F)CC2CCNCC2)ncc1[N+](=O)[O-]. The minimum atomic E-state index is -4.41. The third kappa shape index (κ3) is 5.95. The zero-order valence-corrected chi connectivity index (χ0v) is 16.7. The van der Waals surface area contributed by atoms with Crippen LogP contribution in [0.25, 0.3) is 0 Å². The molecule has 1 saturated heterocycles. The van der Waals surface area contributed by atoms with Crippen molar-refractivity contribution in [3.8, 4) is 0 Å². The van der Waals surface area contributed by atoms with Crippen LogP contribution in [0.1, 0.15) is 18.4 Å². The summed E-state index contributed by atoms with van der Waals surface area (Å²) >= 11 is -0.171. The number of alkyl halides is 3. The van der Waals surface area contributed by atoms with E-state index in [1.807, 2.05) is 0 Å². The molecule has 1 aliphatic heterocycles. The second kappa shape index (κ2) is 9.47. The molecule has 0 aliphatic carbocycles. The number of nitro groups is 1. The summed E-state index contributed by atoms with van der Waals surface area (Å²) in [5.74, 6) is 0.162. The molecule has 2 aromatic rings.